The van der Waals surface area contributed by atoms with E-state index in [0.717, 1.165) is 39.4 Å². The normalized spacial score (nSPS) is 10.4. The molecule has 0 radical (unpaired) electrons. The maximum absolute atomic E-state index is 5.38. The van der Waals surface area contributed by atoms with E-state index in [1.807, 2.05) is 7.05 Å². The molecule has 0 aromatic rings. The van der Waals surface area contributed by atoms with Crippen molar-refractivity contribution in [2.24, 2.45) is 0 Å². The zero-order chi connectivity index (χ0) is 12.6. The van der Waals surface area contributed by atoms with Gasteiger partial charge in [-0.2, -0.15) is 0 Å². The first kappa shape index (κ1) is 16.4. The van der Waals surface area contributed by atoms with Gasteiger partial charge in [0.05, 0.1) is 33.0 Å². The molecule has 0 amide bonds. The van der Waals surface area contributed by atoms with Crippen LogP contribution in [0.1, 0.15) is 0 Å². The highest BCUT2D eigenvalue weighted by Gasteiger charge is 1.90. The summed E-state index contributed by atoms with van der Waals surface area (Å²) in [4.78, 5) is 0. The van der Waals surface area contributed by atoms with Crippen LogP contribution in [-0.4, -0.2) is 66.2 Å². The quantitative estimate of drug-likeness (QED) is 0.288. The van der Waals surface area contributed by atoms with E-state index in [0.29, 0.717) is 19.8 Å². The summed E-state index contributed by atoms with van der Waals surface area (Å²) in [5.41, 5.74) is 0. The first-order chi connectivity index (χ1) is 8.41. The molecule has 100 valence electrons. The van der Waals surface area contributed by atoms with Crippen LogP contribution >= 0.6 is 0 Å². The maximum Gasteiger partial charge on any atom is 0.0591 e. The third-order valence-corrected chi connectivity index (χ3v) is 1.99. The van der Waals surface area contributed by atoms with Crippen LogP contribution in [0.2, 0.25) is 0 Å². The van der Waals surface area contributed by atoms with E-state index >= 15 is 0 Å². The van der Waals surface area contributed by atoms with E-state index in [2.05, 4.69) is 21.9 Å². The van der Waals surface area contributed by atoms with Crippen LogP contribution in [0.25, 0.3) is 0 Å². The van der Waals surface area contributed by atoms with E-state index in [4.69, 9.17) is 15.9 Å². The van der Waals surface area contributed by atoms with Gasteiger partial charge in [0.15, 0.2) is 0 Å². The molecular formula is C12H25N3O2. The molecule has 5 nitrogen and oxygen atoms in total. The summed E-state index contributed by atoms with van der Waals surface area (Å²) in [6, 6.07) is 0. The van der Waals surface area contributed by atoms with Crippen molar-refractivity contribution in [1.82, 2.24) is 16.0 Å². The molecule has 0 aliphatic carbocycles. The molecular weight excluding hydrogens is 218 g/mol. The molecule has 0 bridgehead atoms. The van der Waals surface area contributed by atoms with Gasteiger partial charge in [0.2, 0.25) is 0 Å². The molecule has 0 atom stereocenters. The lowest BCUT2D eigenvalue weighted by molar-refractivity contribution is 0.124. The molecule has 0 aliphatic heterocycles. The summed E-state index contributed by atoms with van der Waals surface area (Å²) < 4.78 is 10.7. The SMILES string of the molecule is C#CCNCCOCCNCCOCCNC. The number of rotatable bonds is 13. The molecule has 0 saturated heterocycles. The number of terminal acetylenes is 1. The largest absolute Gasteiger partial charge is 0.379 e. The highest BCUT2D eigenvalue weighted by molar-refractivity contribution is 4.86. The third kappa shape index (κ3) is 15.4. The molecule has 3 N–H and O–H groups in total. The summed E-state index contributed by atoms with van der Waals surface area (Å²) in [7, 11) is 1.91. The average Bonchev–Trinajstić information content (AvgIpc) is 2.35. The topological polar surface area (TPSA) is 54.5 Å². The standard InChI is InChI=1S/C12H25N3O2/c1-3-4-14-6-10-17-12-8-15-7-11-16-9-5-13-2/h1,13-15H,4-12H2,2H3. The monoisotopic (exact) mass is 243 g/mol. The van der Waals surface area contributed by atoms with E-state index in [1.54, 1.807) is 0 Å². The predicted molar refractivity (Wildman–Crippen MR) is 70.1 cm³/mol. The highest BCUT2D eigenvalue weighted by Crippen LogP contribution is 1.74. The number of nitrogens with one attached hydrogen (secondary N) is 3. The maximum atomic E-state index is 5.38. The molecule has 0 rings (SSSR count). The second-order valence-electron chi connectivity index (χ2n) is 3.46. The van der Waals surface area contributed by atoms with Crippen LogP contribution in [0.4, 0.5) is 0 Å². The minimum Gasteiger partial charge on any atom is -0.379 e. The van der Waals surface area contributed by atoms with Crippen LogP contribution in [0, 0.1) is 12.3 Å². The van der Waals surface area contributed by atoms with Gasteiger partial charge in [-0.1, -0.05) is 5.92 Å². The van der Waals surface area contributed by atoms with Crippen molar-refractivity contribution in [2.75, 3.05) is 66.2 Å². The molecule has 0 saturated carbocycles. The summed E-state index contributed by atoms with van der Waals surface area (Å²) in [5.74, 6) is 2.51. The van der Waals surface area contributed by atoms with E-state index in [1.165, 1.54) is 0 Å². The first-order valence-electron chi connectivity index (χ1n) is 6.06. The van der Waals surface area contributed by atoms with Crippen LogP contribution < -0.4 is 16.0 Å². The highest BCUT2D eigenvalue weighted by atomic mass is 16.5. The number of hydrogen-bond donors (Lipinski definition) is 3. The van der Waals surface area contributed by atoms with Crippen molar-refractivity contribution in [1.29, 1.82) is 0 Å². The van der Waals surface area contributed by atoms with Crippen molar-refractivity contribution in [3.8, 4) is 12.3 Å². The van der Waals surface area contributed by atoms with Gasteiger partial charge in [-0.3, -0.25) is 0 Å². The molecule has 5 heteroatoms. The molecule has 0 heterocycles. The minimum absolute atomic E-state index is 0.603. The summed E-state index contributed by atoms with van der Waals surface area (Å²) in [6.45, 7) is 6.93. The molecule has 0 fully saturated rings. The van der Waals surface area contributed by atoms with Crippen molar-refractivity contribution in [2.45, 2.75) is 0 Å². The Hall–Kier alpha value is -0.640. The van der Waals surface area contributed by atoms with Gasteiger partial charge in [0, 0.05) is 26.2 Å². The fourth-order valence-electron chi connectivity index (χ4n) is 1.10. The minimum atomic E-state index is 0.603. The number of ether oxygens (including phenoxy) is 2. The van der Waals surface area contributed by atoms with E-state index < -0.39 is 0 Å². The Kier molecular flexibility index (Phi) is 14.8. The van der Waals surface area contributed by atoms with Crippen LogP contribution in [0.15, 0.2) is 0 Å². The molecule has 0 aromatic heterocycles. The fourth-order valence-corrected chi connectivity index (χ4v) is 1.10. The molecule has 17 heavy (non-hydrogen) atoms. The van der Waals surface area contributed by atoms with Gasteiger partial charge < -0.3 is 25.4 Å². The van der Waals surface area contributed by atoms with E-state index in [-0.39, 0.29) is 0 Å². The Balaban J connectivity index is 2.87. The molecule has 0 aromatic carbocycles. The summed E-state index contributed by atoms with van der Waals surface area (Å²) >= 11 is 0. The zero-order valence-corrected chi connectivity index (χ0v) is 10.8. The van der Waals surface area contributed by atoms with Gasteiger partial charge in [-0.05, 0) is 7.05 Å². The van der Waals surface area contributed by atoms with Crippen molar-refractivity contribution >= 4 is 0 Å². The first-order valence-corrected chi connectivity index (χ1v) is 6.06. The van der Waals surface area contributed by atoms with Crippen LogP contribution in [0.5, 0.6) is 0 Å². The van der Waals surface area contributed by atoms with Crippen molar-refractivity contribution in [3.05, 3.63) is 0 Å². The molecule has 0 spiro atoms. The van der Waals surface area contributed by atoms with Gasteiger partial charge in [-0.25, -0.2) is 0 Å². The Morgan fingerprint density at radius 2 is 1.41 bits per heavy atom. The average molecular weight is 243 g/mol. The van der Waals surface area contributed by atoms with E-state index in [9.17, 15) is 0 Å². The lowest BCUT2D eigenvalue weighted by atomic mass is 10.6. The van der Waals surface area contributed by atoms with Gasteiger partial charge in [0.25, 0.3) is 0 Å². The Morgan fingerprint density at radius 1 is 0.882 bits per heavy atom. The van der Waals surface area contributed by atoms with Crippen LogP contribution in [-0.2, 0) is 9.47 Å². The second-order valence-corrected chi connectivity index (χ2v) is 3.46. The van der Waals surface area contributed by atoms with Gasteiger partial charge >= 0.3 is 0 Å². The Labute approximate surface area is 105 Å². The summed E-state index contributed by atoms with van der Waals surface area (Å²) in [5, 5.41) is 9.32. The van der Waals surface area contributed by atoms with Crippen molar-refractivity contribution in [3.63, 3.8) is 0 Å². The Bertz CT molecular complexity index is 183. The second kappa shape index (κ2) is 15.4. The predicted octanol–water partition coefficient (Wildman–Crippen LogP) is -0.949. The third-order valence-electron chi connectivity index (χ3n) is 1.99. The molecule has 0 aliphatic rings. The zero-order valence-electron chi connectivity index (χ0n) is 10.8. The number of likely N-dealkylation sites (N-methyl/N-ethyl adjacent to an activating group) is 1. The molecule has 0 unspecified atom stereocenters. The van der Waals surface area contributed by atoms with Crippen molar-refractivity contribution < 1.29 is 9.47 Å². The summed E-state index contributed by atoms with van der Waals surface area (Å²) in [6.07, 6.45) is 5.09. The van der Waals surface area contributed by atoms with Crippen LogP contribution in [0.3, 0.4) is 0 Å². The fraction of sp³-hybridized carbons (Fsp3) is 0.833. The van der Waals surface area contributed by atoms with Gasteiger partial charge in [-0.15, -0.1) is 6.42 Å². The van der Waals surface area contributed by atoms with Gasteiger partial charge in [0.1, 0.15) is 0 Å². The lowest BCUT2D eigenvalue weighted by Gasteiger charge is -2.07. The lowest BCUT2D eigenvalue weighted by Crippen LogP contribution is -2.26. The smallest absolute Gasteiger partial charge is 0.0591 e. The number of hydrogen-bond acceptors (Lipinski definition) is 5. The Morgan fingerprint density at radius 3 is 1.94 bits per heavy atom.